The Morgan fingerprint density at radius 2 is 1.96 bits per heavy atom. The van der Waals surface area contributed by atoms with Crippen LogP contribution in [0.25, 0.3) is 11.5 Å². The van der Waals surface area contributed by atoms with E-state index in [1.165, 1.54) is 18.3 Å². The van der Waals surface area contributed by atoms with E-state index in [4.69, 9.17) is 4.42 Å². The Hall–Kier alpha value is -2.93. The monoisotopic (exact) mass is 397 g/mol. The predicted molar refractivity (Wildman–Crippen MR) is 110 cm³/mol. The molecule has 146 valence electrons. The normalized spacial score (nSPS) is 11.8. The summed E-state index contributed by atoms with van der Waals surface area (Å²) >= 11 is 1.36. The summed E-state index contributed by atoms with van der Waals surface area (Å²) in [4.78, 5) is 28.3. The molecular weight excluding hydrogens is 374 g/mol. The summed E-state index contributed by atoms with van der Waals surface area (Å²) in [5.41, 5.74) is 1.66. The fourth-order valence-electron chi connectivity index (χ4n) is 2.88. The summed E-state index contributed by atoms with van der Waals surface area (Å²) in [5.74, 6) is 0.879. The zero-order valence-electron chi connectivity index (χ0n) is 15.9. The number of aromatic nitrogens is 1. The number of nitrogens with one attached hydrogen (secondary N) is 2. The first-order chi connectivity index (χ1) is 13.6. The van der Waals surface area contributed by atoms with E-state index < -0.39 is 0 Å². The summed E-state index contributed by atoms with van der Waals surface area (Å²) in [5, 5.41) is 8.00. The van der Waals surface area contributed by atoms with Crippen molar-refractivity contribution in [2.75, 3.05) is 5.32 Å². The van der Waals surface area contributed by atoms with E-state index >= 15 is 0 Å². The van der Waals surface area contributed by atoms with Crippen molar-refractivity contribution in [3.63, 3.8) is 0 Å². The number of benzene rings is 1. The molecule has 6 nitrogen and oxygen atoms in total. The van der Waals surface area contributed by atoms with Gasteiger partial charge in [-0.25, -0.2) is 4.98 Å². The van der Waals surface area contributed by atoms with E-state index in [-0.39, 0.29) is 17.7 Å². The van der Waals surface area contributed by atoms with Crippen molar-refractivity contribution < 1.29 is 14.0 Å². The molecule has 1 atom stereocenters. The van der Waals surface area contributed by atoms with Crippen molar-refractivity contribution in [1.29, 1.82) is 0 Å². The summed E-state index contributed by atoms with van der Waals surface area (Å²) in [7, 11) is 0. The van der Waals surface area contributed by atoms with Crippen LogP contribution in [0.15, 0.2) is 52.3 Å². The summed E-state index contributed by atoms with van der Waals surface area (Å²) in [6.07, 6.45) is 1.69. The van der Waals surface area contributed by atoms with Crippen molar-refractivity contribution in [2.24, 2.45) is 0 Å². The lowest BCUT2D eigenvalue weighted by atomic mass is 9.94. The molecule has 3 rings (SSSR count). The Labute approximate surface area is 168 Å². The molecule has 0 saturated carbocycles. The van der Waals surface area contributed by atoms with Crippen LogP contribution in [0.3, 0.4) is 0 Å². The van der Waals surface area contributed by atoms with Crippen LogP contribution >= 0.6 is 11.3 Å². The van der Waals surface area contributed by atoms with Crippen LogP contribution in [-0.2, 0) is 16.1 Å². The highest BCUT2D eigenvalue weighted by atomic mass is 32.1. The van der Waals surface area contributed by atoms with Crippen LogP contribution in [0.1, 0.15) is 43.9 Å². The molecule has 7 heteroatoms. The summed E-state index contributed by atoms with van der Waals surface area (Å²) in [6.45, 7) is 3.86. The van der Waals surface area contributed by atoms with Gasteiger partial charge in [0.2, 0.25) is 11.8 Å². The zero-order chi connectivity index (χ0) is 19.9. The second kappa shape index (κ2) is 9.32. The van der Waals surface area contributed by atoms with Gasteiger partial charge in [-0.3, -0.25) is 9.59 Å². The maximum absolute atomic E-state index is 12.8. The van der Waals surface area contributed by atoms with E-state index in [1.807, 2.05) is 41.8 Å². The van der Waals surface area contributed by atoms with Gasteiger partial charge < -0.3 is 15.1 Å². The molecule has 0 aliphatic carbocycles. The highest BCUT2D eigenvalue weighted by molar-refractivity contribution is 7.14. The molecule has 0 aliphatic heterocycles. The maximum atomic E-state index is 12.8. The average molecular weight is 398 g/mol. The van der Waals surface area contributed by atoms with E-state index in [0.717, 1.165) is 18.4 Å². The van der Waals surface area contributed by atoms with Crippen molar-refractivity contribution in [3.8, 4) is 11.5 Å². The molecule has 0 fully saturated rings. The minimum Gasteiger partial charge on any atom is -0.458 e. The van der Waals surface area contributed by atoms with Gasteiger partial charge in [0.1, 0.15) is 11.5 Å². The summed E-state index contributed by atoms with van der Waals surface area (Å²) < 4.78 is 5.71. The molecule has 2 N–H and O–H groups in total. The minimum absolute atomic E-state index is 0.0558. The van der Waals surface area contributed by atoms with Crippen LogP contribution in [-0.4, -0.2) is 16.8 Å². The largest absolute Gasteiger partial charge is 0.458 e. The number of anilines is 1. The fraction of sp³-hybridized carbons (Fsp3) is 0.286. The highest BCUT2D eigenvalue weighted by Crippen LogP contribution is 2.28. The SMILES string of the molecule is CCCC(C(=O)Nc1nc(-c2ccc(CNC(C)=O)o2)cs1)c1ccccc1. The highest BCUT2D eigenvalue weighted by Gasteiger charge is 2.21. The Bertz CT molecular complexity index is 933. The van der Waals surface area contributed by atoms with Crippen molar-refractivity contribution in [2.45, 2.75) is 39.2 Å². The van der Waals surface area contributed by atoms with Gasteiger partial charge in [-0.2, -0.15) is 0 Å². The number of furan rings is 1. The van der Waals surface area contributed by atoms with E-state index in [2.05, 4.69) is 22.5 Å². The minimum atomic E-state index is -0.202. The number of thiazole rings is 1. The third-order valence-electron chi connectivity index (χ3n) is 4.26. The number of hydrogen-bond acceptors (Lipinski definition) is 5. The van der Waals surface area contributed by atoms with Gasteiger partial charge in [0.25, 0.3) is 0 Å². The van der Waals surface area contributed by atoms with Gasteiger partial charge in [0.05, 0.1) is 12.5 Å². The summed E-state index contributed by atoms with van der Waals surface area (Å²) in [6, 6.07) is 13.4. The average Bonchev–Trinajstić information content (AvgIpc) is 3.34. The zero-order valence-corrected chi connectivity index (χ0v) is 16.7. The Morgan fingerprint density at radius 3 is 2.68 bits per heavy atom. The van der Waals surface area contributed by atoms with E-state index in [1.54, 1.807) is 6.07 Å². The Morgan fingerprint density at radius 1 is 1.18 bits per heavy atom. The third kappa shape index (κ3) is 5.07. The Kier molecular flexibility index (Phi) is 6.60. The van der Waals surface area contributed by atoms with Gasteiger partial charge in [-0.05, 0) is 24.1 Å². The molecule has 2 aromatic heterocycles. The lowest BCUT2D eigenvalue weighted by molar-refractivity contribution is -0.119. The molecule has 2 amide bonds. The molecule has 28 heavy (non-hydrogen) atoms. The molecule has 1 unspecified atom stereocenters. The van der Waals surface area contributed by atoms with Crippen molar-refractivity contribution in [1.82, 2.24) is 10.3 Å². The standard InChI is InChI=1S/C21H23N3O3S/c1-3-7-17(15-8-5-4-6-9-15)20(26)24-21-23-18(13-28-21)19-11-10-16(27-19)12-22-14(2)25/h4-6,8-11,13,17H,3,7,12H2,1-2H3,(H,22,25)(H,23,24,26). The molecule has 1 aromatic carbocycles. The van der Waals surface area contributed by atoms with Gasteiger partial charge in [0.15, 0.2) is 10.9 Å². The van der Waals surface area contributed by atoms with Crippen LogP contribution in [0.2, 0.25) is 0 Å². The first kappa shape index (κ1) is 19.8. The molecule has 0 bridgehead atoms. The number of amides is 2. The van der Waals surface area contributed by atoms with Crippen LogP contribution in [0, 0.1) is 0 Å². The van der Waals surface area contributed by atoms with Crippen molar-refractivity contribution >= 4 is 28.3 Å². The topological polar surface area (TPSA) is 84.2 Å². The quantitative estimate of drug-likeness (QED) is 0.583. The molecular formula is C21H23N3O3S. The van der Waals surface area contributed by atoms with E-state index in [9.17, 15) is 9.59 Å². The lowest BCUT2D eigenvalue weighted by Crippen LogP contribution is -2.21. The molecule has 0 radical (unpaired) electrons. The number of hydrogen-bond donors (Lipinski definition) is 2. The van der Waals surface area contributed by atoms with Gasteiger partial charge in [0, 0.05) is 12.3 Å². The van der Waals surface area contributed by atoms with Crippen LogP contribution < -0.4 is 10.6 Å². The number of carbonyl (C=O) groups is 2. The predicted octanol–water partition coefficient (Wildman–Crippen LogP) is 4.56. The number of rotatable bonds is 8. The molecule has 2 heterocycles. The van der Waals surface area contributed by atoms with Crippen LogP contribution in [0.5, 0.6) is 0 Å². The van der Waals surface area contributed by atoms with Crippen LogP contribution in [0.4, 0.5) is 5.13 Å². The maximum Gasteiger partial charge on any atom is 0.233 e. The van der Waals surface area contributed by atoms with Crippen molar-refractivity contribution in [3.05, 3.63) is 59.2 Å². The number of carbonyl (C=O) groups excluding carboxylic acids is 2. The molecule has 3 aromatic rings. The van der Waals surface area contributed by atoms with Gasteiger partial charge in [-0.1, -0.05) is 43.7 Å². The fourth-order valence-corrected chi connectivity index (χ4v) is 3.58. The molecule has 0 spiro atoms. The first-order valence-electron chi connectivity index (χ1n) is 9.21. The molecule has 0 saturated heterocycles. The van der Waals surface area contributed by atoms with E-state index in [0.29, 0.717) is 28.9 Å². The third-order valence-corrected chi connectivity index (χ3v) is 5.01. The lowest BCUT2D eigenvalue weighted by Gasteiger charge is -2.15. The Balaban J connectivity index is 1.68. The second-order valence-electron chi connectivity index (χ2n) is 6.45. The molecule has 0 aliphatic rings. The smallest absolute Gasteiger partial charge is 0.233 e. The van der Waals surface area contributed by atoms with Gasteiger partial charge in [-0.15, -0.1) is 11.3 Å². The second-order valence-corrected chi connectivity index (χ2v) is 7.31. The first-order valence-corrected chi connectivity index (χ1v) is 10.1. The number of nitrogens with zero attached hydrogens (tertiary/aromatic N) is 1. The van der Waals surface area contributed by atoms with Gasteiger partial charge >= 0.3 is 0 Å².